The molecule has 0 unspecified atom stereocenters. The van der Waals surface area contributed by atoms with E-state index >= 15 is 0 Å². The van der Waals surface area contributed by atoms with Crippen LogP contribution in [0.5, 0.6) is 11.5 Å². The van der Waals surface area contributed by atoms with Crippen LogP contribution < -0.4 is 14.8 Å². The maximum atomic E-state index is 13.1. The summed E-state index contributed by atoms with van der Waals surface area (Å²) in [5.74, 6) is -0.802. The zero-order valence-corrected chi connectivity index (χ0v) is 25.7. The van der Waals surface area contributed by atoms with Crippen LogP contribution in [-0.2, 0) is 20.9 Å². The smallest absolute Gasteiger partial charge is 0.339 e. The molecule has 41 heavy (non-hydrogen) atoms. The number of nitrogens with one attached hydrogen (secondary N) is 1. The number of benzene rings is 3. The molecule has 212 valence electrons. The van der Waals surface area contributed by atoms with Gasteiger partial charge in [0.25, 0.3) is 11.1 Å². The molecule has 0 bridgehead atoms. The zero-order valence-electron chi connectivity index (χ0n) is 21.9. The molecule has 3 amide bonds. The highest BCUT2D eigenvalue weighted by Gasteiger charge is 2.36. The van der Waals surface area contributed by atoms with Gasteiger partial charge in [-0.3, -0.25) is 19.3 Å². The first kappa shape index (κ1) is 30.4. The van der Waals surface area contributed by atoms with Crippen molar-refractivity contribution >= 4 is 80.7 Å². The molecular weight excluding hydrogens is 683 g/mol. The van der Waals surface area contributed by atoms with Gasteiger partial charge < -0.3 is 19.5 Å². The molecule has 1 aliphatic heterocycles. The third-order valence-electron chi connectivity index (χ3n) is 5.69. The van der Waals surface area contributed by atoms with E-state index in [0.29, 0.717) is 30.3 Å². The number of hydrogen-bond donors (Lipinski definition) is 1. The quantitative estimate of drug-likeness (QED) is 0.147. The number of carbonyl (C=O) groups is 4. The van der Waals surface area contributed by atoms with Crippen LogP contribution >= 0.6 is 46.0 Å². The van der Waals surface area contributed by atoms with Crippen molar-refractivity contribution in [1.82, 2.24) is 4.90 Å². The summed E-state index contributed by atoms with van der Waals surface area (Å²) in [5, 5.41) is 2.15. The number of halogens is 2. The van der Waals surface area contributed by atoms with Gasteiger partial charge in [-0.25, -0.2) is 4.79 Å². The van der Waals surface area contributed by atoms with Crippen LogP contribution in [0.25, 0.3) is 6.08 Å². The van der Waals surface area contributed by atoms with Gasteiger partial charge >= 0.3 is 5.97 Å². The minimum absolute atomic E-state index is 0.0682. The Labute approximate surface area is 259 Å². The highest BCUT2D eigenvalue weighted by molar-refractivity contribution is 14.1. The molecule has 1 saturated heterocycles. The number of ether oxygens (including phenoxy) is 3. The van der Waals surface area contributed by atoms with Gasteiger partial charge in [-0.2, -0.15) is 0 Å². The number of methoxy groups -OCH3 is 1. The molecule has 0 saturated carbocycles. The van der Waals surface area contributed by atoms with E-state index in [1.807, 2.05) is 43.3 Å². The number of carbonyl (C=O) groups excluding carboxylic acids is 4. The molecule has 3 aromatic carbocycles. The lowest BCUT2D eigenvalue weighted by Gasteiger charge is -2.15. The molecule has 0 spiro atoms. The second kappa shape index (κ2) is 13.9. The van der Waals surface area contributed by atoms with Crippen molar-refractivity contribution in [3.8, 4) is 11.5 Å². The van der Waals surface area contributed by atoms with E-state index in [4.69, 9.17) is 21.1 Å². The lowest BCUT2D eigenvalue weighted by Crippen LogP contribution is -2.36. The average molecular weight is 707 g/mol. The Morgan fingerprint density at radius 3 is 2.54 bits per heavy atom. The molecule has 1 heterocycles. The van der Waals surface area contributed by atoms with E-state index in [9.17, 15) is 19.2 Å². The molecule has 4 rings (SSSR count). The largest absolute Gasteiger partial charge is 0.490 e. The van der Waals surface area contributed by atoms with Gasteiger partial charge in [-0.05, 0) is 88.8 Å². The Hall–Kier alpha value is -3.55. The molecule has 0 radical (unpaired) electrons. The summed E-state index contributed by atoms with van der Waals surface area (Å²) in [4.78, 5) is 51.2. The molecule has 1 fully saturated rings. The van der Waals surface area contributed by atoms with Crippen molar-refractivity contribution in [2.75, 3.05) is 25.6 Å². The molecule has 1 N–H and O–H groups in total. The highest BCUT2D eigenvalue weighted by Crippen LogP contribution is 2.38. The topological polar surface area (TPSA) is 111 Å². The van der Waals surface area contributed by atoms with Gasteiger partial charge in [0.1, 0.15) is 13.2 Å². The second-order valence-corrected chi connectivity index (χ2v) is 11.1. The van der Waals surface area contributed by atoms with Crippen molar-refractivity contribution in [1.29, 1.82) is 0 Å². The standard InChI is InChI=1S/C29H24ClIN2O7S/c1-3-39-23-12-18(11-22(31)26(23)40-16-17-7-5-4-6-8-17)13-24-27(35)33(29(37)41-24)15-25(34)32-19-9-10-21(30)20(14-19)28(36)38-2/h4-14H,3,15-16H2,1-2H3,(H,32,34)/b24-13+. The first-order chi connectivity index (χ1) is 19.7. The van der Waals surface area contributed by atoms with E-state index in [-0.39, 0.29) is 21.2 Å². The second-order valence-electron chi connectivity index (χ2n) is 8.54. The van der Waals surface area contributed by atoms with Crippen LogP contribution in [0.15, 0.2) is 65.6 Å². The van der Waals surface area contributed by atoms with Crippen LogP contribution in [0.3, 0.4) is 0 Å². The third-order valence-corrected chi connectivity index (χ3v) is 7.72. The van der Waals surface area contributed by atoms with Crippen molar-refractivity contribution < 1.29 is 33.4 Å². The summed E-state index contributed by atoms with van der Waals surface area (Å²) >= 11 is 8.89. The van der Waals surface area contributed by atoms with Crippen molar-refractivity contribution in [2.24, 2.45) is 0 Å². The number of thioether (sulfide) groups is 1. The molecule has 3 aromatic rings. The molecule has 12 heteroatoms. The van der Waals surface area contributed by atoms with Crippen LogP contribution in [0.2, 0.25) is 5.02 Å². The van der Waals surface area contributed by atoms with Crippen LogP contribution in [0.4, 0.5) is 10.5 Å². The Morgan fingerprint density at radius 2 is 1.83 bits per heavy atom. The number of anilines is 1. The van der Waals surface area contributed by atoms with Gasteiger partial charge in [-0.15, -0.1) is 0 Å². The Morgan fingerprint density at radius 1 is 1.07 bits per heavy atom. The minimum Gasteiger partial charge on any atom is -0.490 e. The number of nitrogens with zero attached hydrogens (tertiary/aromatic N) is 1. The fourth-order valence-electron chi connectivity index (χ4n) is 3.81. The van der Waals surface area contributed by atoms with Gasteiger partial charge in [0, 0.05) is 5.69 Å². The third kappa shape index (κ3) is 7.60. The number of hydrogen-bond acceptors (Lipinski definition) is 8. The van der Waals surface area contributed by atoms with Gasteiger partial charge in [0.15, 0.2) is 11.5 Å². The normalized spacial score (nSPS) is 13.9. The minimum atomic E-state index is -0.667. The monoisotopic (exact) mass is 706 g/mol. The maximum absolute atomic E-state index is 13.1. The van der Waals surface area contributed by atoms with Crippen molar-refractivity contribution in [3.63, 3.8) is 0 Å². The van der Waals surface area contributed by atoms with Crippen LogP contribution in [0.1, 0.15) is 28.4 Å². The lowest BCUT2D eigenvalue weighted by atomic mass is 10.1. The van der Waals surface area contributed by atoms with Crippen LogP contribution in [0, 0.1) is 3.57 Å². The molecule has 0 aromatic heterocycles. The molecule has 0 atom stereocenters. The number of imide groups is 1. The zero-order chi connectivity index (χ0) is 29.5. The van der Waals surface area contributed by atoms with Gasteiger partial charge in [0.05, 0.1) is 32.8 Å². The first-order valence-corrected chi connectivity index (χ1v) is 14.5. The van der Waals surface area contributed by atoms with E-state index in [2.05, 4.69) is 32.6 Å². The first-order valence-electron chi connectivity index (χ1n) is 12.3. The molecule has 0 aliphatic carbocycles. The number of rotatable bonds is 10. The lowest BCUT2D eigenvalue weighted by molar-refractivity contribution is -0.127. The Kier molecular flexibility index (Phi) is 10.3. The fraction of sp³-hybridized carbons (Fsp3) is 0.172. The van der Waals surface area contributed by atoms with Crippen molar-refractivity contribution in [2.45, 2.75) is 13.5 Å². The Bertz CT molecular complexity index is 1530. The summed E-state index contributed by atoms with van der Waals surface area (Å²) < 4.78 is 17.3. The molecule has 1 aliphatic rings. The van der Waals surface area contributed by atoms with Gasteiger partial charge in [0.2, 0.25) is 5.91 Å². The highest BCUT2D eigenvalue weighted by atomic mass is 127. The summed E-state index contributed by atoms with van der Waals surface area (Å²) in [7, 11) is 1.21. The Balaban J connectivity index is 1.47. The summed E-state index contributed by atoms with van der Waals surface area (Å²) in [5.41, 5.74) is 1.97. The molecular formula is C29H24ClIN2O7S. The summed E-state index contributed by atoms with van der Waals surface area (Å²) in [6.45, 7) is 2.11. The molecule has 9 nitrogen and oxygen atoms in total. The van der Waals surface area contributed by atoms with E-state index in [1.165, 1.54) is 25.3 Å². The summed E-state index contributed by atoms with van der Waals surface area (Å²) in [6.07, 6.45) is 1.58. The maximum Gasteiger partial charge on any atom is 0.339 e. The number of amides is 3. The van der Waals surface area contributed by atoms with Gasteiger partial charge in [-0.1, -0.05) is 41.9 Å². The SMILES string of the molecule is CCOc1cc(/C=C2/SC(=O)N(CC(=O)Nc3ccc(Cl)c(C(=O)OC)c3)C2=O)cc(I)c1OCc1ccccc1. The van der Waals surface area contributed by atoms with E-state index < -0.39 is 29.6 Å². The van der Waals surface area contributed by atoms with Crippen LogP contribution in [-0.4, -0.2) is 48.2 Å². The summed E-state index contributed by atoms with van der Waals surface area (Å²) in [6, 6.07) is 17.6. The predicted octanol–water partition coefficient (Wildman–Crippen LogP) is 6.38. The van der Waals surface area contributed by atoms with E-state index in [0.717, 1.165) is 25.8 Å². The van der Waals surface area contributed by atoms with E-state index in [1.54, 1.807) is 12.1 Å². The van der Waals surface area contributed by atoms with Crippen molar-refractivity contribution in [3.05, 3.63) is 90.9 Å². The average Bonchev–Trinajstić information content (AvgIpc) is 3.21. The fourth-order valence-corrected chi connectivity index (χ4v) is 5.62. The number of esters is 1. The predicted molar refractivity (Wildman–Crippen MR) is 165 cm³/mol.